The van der Waals surface area contributed by atoms with Crippen LogP contribution in [0.2, 0.25) is 0 Å². The number of para-hydroxylation sites is 1. The standard InChI is InChI=1S/C31H37N3O7S/c1-20-8-14-25(15-9-20)42(39,40)32-27-7-5-6-26-29(27)41-28(21(2)16-34(30(26)36)22(3)19-35)18-33(4)17-23-10-12-24(13-11-23)31(37)38/h5-15,21-22,28,32,35H,16-19H2,1-4H3,(H,37,38)/t21-,22-,28-/m1/s1. The van der Waals surface area contributed by atoms with E-state index in [1.807, 2.05) is 25.8 Å². The Bertz CT molecular complexity index is 1530. The number of carboxylic acid groups (broad SMARTS) is 1. The summed E-state index contributed by atoms with van der Waals surface area (Å²) in [5, 5.41) is 19.1. The second kappa shape index (κ2) is 12.9. The van der Waals surface area contributed by atoms with Gasteiger partial charge >= 0.3 is 5.97 Å². The molecule has 0 saturated carbocycles. The number of nitrogens with zero attached hydrogens (tertiary/aromatic N) is 2. The third-order valence-corrected chi connectivity index (χ3v) is 8.79. The molecule has 0 aliphatic carbocycles. The first-order valence-corrected chi connectivity index (χ1v) is 15.2. The van der Waals surface area contributed by atoms with E-state index >= 15 is 0 Å². The van der Waals surface area contributed by atoms with Gasteiger partial charge in [-0.15, -0.1) is 0 Å². The molecule has 1 aliphatic heterocycles. The fraction of sp³-hybridized carbons (Fsp3) is 0.355. The molecule has 0 bridgehead atoms. The van der Waals surface area contributed by atoms with E-state index in [9.17, 15) is 28.2 Å². The molecule has 0 spiro atoms. The normalized spacial score (nSPS) is 18.0. The maximum atomic E-state index is 13.7. The van der Waals surface area contributed by atoms with Crippen LogP contribution < -0.4 is 9.46 Å². The van der Waals surface area contributed by atoms with Crippen LogP contribution in [0.1, 0.15) is 45.7 Å². The van der Waals surface area contributed by atoms with Gasteiger partial charge in [-0.25, -0.2) is 13.2 Å². The zero-order chi connectivity index (χ0) is 30.6. The molecule has 1 heterocycles. The Kier molecular flexibility index (Phi) is 9.55. The third-order valence-electron chi connectivity index (χ3n) is 7.41. The Labute approximate surface area is 246 Å². The van der Waals surface area contributed by atoms with E-state index in [4.69, 9.17) is 4.74 Å². The molecule has 3 atom stereocenters. The molecule has 11 heteroatoms. The molecule has 3 aromatic carbocycles. The Morgan fingerprint density at radius 3 is 2.40 bits per heavy atom. The van der Waals surface area contributed by atoms with Gasteiger partial charge in [0.25, 0.3) is 15.9 Å². The summed E-state index contributed by atoms with van der Waals surface area (Å²) in [6, 6.07) is 17.4. The largest absolute Gasteiger partial charge is 0.486 e. The Morgan fingerprint density at radius 1 is 1.12 bits per heavy atom. The SMILES string of the molecule is Cc1ccc(S(=O)(=O)Nc2cccc3c2O[C@H](CN(C)Cc2ccc(C(=O)O)cc2)[C@H](C)CN([C@H](C)CO)C3=O)cc1. The van der Waals surface area contributed by atoms with Gasteiger partial charge in [-0.3, -0.25) is 14.4 Å². The first kappa shape index (κ1) is 31.0. The summed E-state index contributed by atoms with van der Waals surface area (Å²) in [7, 11) is -2.08. The molecular formula is C31H37N3O7S. The number of aliphatic hydroxyl groups excluding tert-OH is 1. The number of benzene rings is 3. The Hall–Kier alpha value is -3.93. The van der Waals surface area contributed by atoms with E-state index in [0.717, 1.165) is 11.1 Å². The minimum absolute atomic E-state index is 0.0805. The summed E-state index contributed by atoms with van der Waals surface area (Å²) in [4.78, 5) is 28.6. The number of ether oxygens (including phenoxy) is 1. The second-order valence-electron chi connectivity index (χ2n) is 10.9. The van der Waals surface area contributed by atoms with Gasteiger partial charge in [0.05, 0.1) is 34.4 Å². The van der Waals surface area contributed by atoms with Gasteiger partial charge in [0, 0.05) is 25.6 Å². The van der Waals surface area contributed by atoms with Crippen molar-refractivity contribution in [2.24, 2.45) is 5.92 Å². The number of hydrogen-bond acceptors (Lipinski definition) is 7. The van der Waals surface area contributed by atoms with Gasteiger partial charge in [-0.1, -0.05) is 42.8 Å². The lowest BCUT2D eigenvalue weighted by Crippen LogP contribution is -2.49. The molecule has 10 nitrogen and oxygen atoms in total. The van der Waals surface area contributed by atoms with Gasteiger partial charge < -0.3 is 19.8 Å². The van der Waals surface area contributed by atoms with Gasteiger partial charge in [-0.05, 0) is 62.9 Å². The molecule has 0 aromatic heterocycles. The minimum atomic E-state index is -3.99. The van der Waals surface area contributed by atoms with Crippen molar-refractivity contribution in [1.82, 2.24) is 9.80 Å². The molecule has 0 radical (unpaired) electrons. The number of fused-ring (bicyclic) bond motifs is 1. The van der Waals surface area contributed by atoms with Gasteiger partial charge in [0.15, 0.2) is 5.75 Å². The number of carbonyl (C=O) groups excluding carboxylic acids is 1. The quantitative estimate of drug-likeness (QED) is 0.322. The van der Waals surface area contributed by atoms with Crippen molar-refractivity contribution in [2.45, 2.75) is 44.4 Å². The predicted octanol–water partition coefficient (Wildman–Crippen LogP) is 3.85. The number of nitrogens with one attached hydrogen (secondary N) is 1. The average Bonchev–Trinajstić information content (AvgIpc) is 2.95. The summed E-state index contributed by atoms with van der Waals surface area (Å²) in [5.41, 5.74) is 2.38. The summed E-state index contributed by atoms with van der Waals surface area (Å²) in [6.45, 7) is 6.61. The third kappa shape index (κ3) is 7.10. The monoisotopic (exact) mass is 595 g/mol. The Balaban J connectivity index is 1.67. The van der Waals surface area contributed by atoms with Crippen LogP contribution in [0.4, 0.5) is 5.69 Å². The van der Waals surface area contributed by atoms with Crippen LogP contribution in [0.3, 0.4) is 0 Å². The zero-order valence-corrected chi connectivity index (χ0v) is 25.0. The summed E-state index contributed by atoms with van der Waals surface area (Å²) in [6.07, 6.45) is -0.460. The van der Waals surface area contributed by atoms with Crippen LogP contribution in [0.25, 0.3) is 0 Å². The van der Waals surface area contributed by atoms with Crippen LogP contribution in [0, 0.1) is 12.8 Å². The van der Waals surface area contributed by atoms with Crippen molar-refractivity contribution in [3.05, 3.63) is 89.0 Å². The minimum Gasteiger partial charge on any atom is -0.486 e. The molecule has 0 saturated heterocycles. The molecule has 0 fully saturated rings. The number of carbonyl (C=O) groups is 2. The van der Waals surface area contributed by atoms with Crippen LogP contribution in [0.5, 0.6) is 5.75 Å². The van der Waals surface area contributed by atoms with Gasteiger partial charge in [-0.2, -0.15) is 0 Å². The first-order chi connectivity index (χ1) is 19.9. The zero-order valence-electron chi connectivity index (χ0n) is 24.1. The second-order valence-corrected chi connectivity index (χ2v) is 12.6. The summed E-state index contributed by atoms with van der Waals surface area (Å²) < 4.78 is 35.7. The number of rotatable bonds is 10. The topological polar surface area (TPSA) is 136 Å². The number of likely N-dealkylation sites (N-methyl/N-ethyl adjacent to an activating group) is 1. The van der Waals surface area contributed by atoms with Crippen LogP contribution in [0.15, 0.2) is 71.6 Å². The fourth-order valence-electron chi connectivity index (χ4n) is 4.90. The smallest absolute Gasteiger partial charge is 0.335 e. The number of anilines is 1. The highest BCUT2D eigenvalue weighted by atomic mass is 32.2. The van der Waals surface area contributed by atoms with Crippen molar-refractivity contribution in [2.75, 3.05) is 31.5 Å². The number of hydrogen-bond donors (Lipinski definition) is 3. The highest BCUT2D eigenvalue weighted by Gasteiger charge is 2.35. The predicted molar refractivity (Wildman–Crippen MR) is 159 cm³/mol. The molecular weight excluding hydrogens is 558 g/mol. The molecule has 224 valence electrons. The van der Waals surface area contributed by atoms with E-state index in [-0.39, 0.29) is 45.9 Å². The lowest BCUT2D eigenvalue weighted by Gasteiger charge is -2.38. The molecule has 1 aliphatic rings. The van der Waals surface area contributed by atoms with E-state index in [1.165, 1.54) is 12.1 Å². The first-order valence-electron chi connectivity index (χ1n) is 13.7. The molecule has 3 aromatic rings. The Morgan fingerprint density at radius 2 is 1.79 bits per heavy atom. The van der Waals surface area contributed by atoms with Crippen molar-refractivity contribution in [3.8, 4) is 5.75 Å². The van der Waals surface area contributed by atoms with Crippen molar-refractivity contribution in [3.63, 3.8) is 0 Å². The van der Waals surface area contributed by atoms with Gasteiger partial charge in [0.1, 0.15) is 6.10 Å². The molecule has 3 N–H and O–H groups in total. The van der Waals surface area contributed by atoms with E-state index < -0.39 is 28.1 Å². The van der Waals surface area contributed by atoms with Crippen molar-refractivity contribution >= 4 is 27.6 Å². The molecule has 4 rings (SSSR count). The highest BCUT2D eigenvalue weighted by Crippen LogP contribution is 2.36. The van der Waals surface area contributed by atoms with Crippen molar-refractivity contribution in [1.29, 1.82) is 0 Å². The lowest BCUT2D eigenvalue weighted by atomic mass is 9.99. The fourth-order valence-corrected chi connectivity index (χ4v) is 5.96. The maximum absolute atomic E-state index is 13.7. The van der Waals surface area contributed by atoms with Crippen LogP contribution in [-0.4, -0.2) is 79.2 Å². The number of aromatic carboxylic acids is 1. The van der Waals surface area contributed by atoms with Crippen molar-refractivity contribution < 1.29 is 33.0 Å². The number of amides is 1. The lowest BCUT2D eigenvalue weighted by molar-refractivity contribution is 0.0343. The number of carboxylic acids is 1. The average molecular weight is 596 g/mol. The summed E-state index contributed by atoms with van der Waals surface area (Å²) >= 11 is 0. The maximum Gasteiger partial charge on any atom is 0.335 e. The number of aliphatic hydroxyl groups is 1. The highest BCUT2D eigenvalue weighted by molar-refractivity contribution is 7.92. The molecule has 0 unspecified atom stereocenters. The van der Waals surface area contributed by atoms with E-state index in [0.29, 0.717) is 19.6 Å². The van der Waals surface area contributed by atoms with Crippen LogP contribution >= 0.6 is 0 Å². The molecule has 42 heavy (non-hydrogen) atoms. The number of aryl methyl sites for hydroxylation is 1. The summed E-state index contributed by atoms with van der Waals surface area (Å²) in [5.74, 6) is -1.41. The van der Waals surface area contributed by atoms with Crippen LogP contribution in [-0.2, 0) is 16.6 Å². The van der Waals surface area contributed by atoms with Gasteiger partial charge in [0.2, 0.25) is 0 Å². The molecule has 1 amide bonds. The number of sulfonamides is 1. The van der Waals surface area contributed by atoms with E-state index in [2.05, 4.69) is 4.72 Å². The van der Waals surface area contributed by atoms with E-state index in [1.54, 1.807) is 66.4 Å².